The van der Waals surface area contributed by atoms with Gasteiger partial charge in [0.25, 0.3) is 0 Å². The van der Waals surface area contributed by atoms with Gasteiger partial charge in [0.05, 0.1) is 5.69 Å². The summed E-state index contributed by atoms with van der Waals surface area (Å²) in [6, 6.07) is 30.4. The molecule has 2 nitrogen and oxygen atoms in total. The van der Waals surface area contributed by atoms with Crippen LogP contribution in [0.1, 0.15) is 72.8 Å². The van der Waals surface area contributed by atoms with Crippen LogP contribution in [0.2, 0.25) is 0 Å². The highest BCUT2D eigenvalue weighted by Crippen LogP contribution is 2.39. The lowest BCUT2D eigenvalue weighted by atomic mass is 9.92. The lowest BCUT2D eigenvalue weighted by molar-refractivity contribution is 0.820. The van der Waals surface area contributed by atoms with E-state index in [0.29, 0.717) is 11.8 Å². The zero-order valence-corrected chi connectivity index (χ0v) is 22.6. The molecule has 182 valence electrons. The molecule has 0 saturated carbocycles. The summed E-state index contributed by atoms with van der Waals surface area (Å²) in [6.07, 6.45) is 0. The molecule has 1 unspecified atom stereocenters. The van der Waals surface area contributed by atoms with Crippen LogP contribution in [0.15, 0.2) is 90.3 Å². The van der Waals surface area contributed by atoms with Gasteiger partial charge in [0.1, 0.15) is 11.0 Å². The maximum absolute atomic E-state index is 5.27. The van der Waals surface area contributed by atoms with E-state index in [1.807, 2.05) is 0 Å². The first kappa shape index (κ1) is 24.3. The molecule has 3 heteroatoms. The van der Waals surface area contributed by atoms with Crippen LogP contribution in [0.4, 0.5) is 5.69 Å². The molecule has 5 rings (SSSR count). The third-order valence-electron chi connectivity index (χ3n) is 6.96. The van der Waals surface area contributed by atoms with Crippen molar-refractivity contribution in [1.29, 1.82) is 0 Å². The summed E-state index contributed by atoms with van der Waals surface area (Å²) in [5.74, 6) is 0.848. The number of hydrogen-bond acceptors (Lipinski definition) is 3. The molecule has 0 spiro atoms. The van der Waals surface area contributed by atoms with Gasteiger partial charge >= 0.3 is 0 Å². The third-order valence-corrected chi connectivity index (χ3v) is 7.87. The molecular weight excluding hydrogens is 456 g/mol. The van der Waals surface area contributed by atoms with Crippen LogP contribution < -0.4 is 5.32 Å². The second-order valence-electron chi connectivity index (χ2n) is 10.2. The molecule has 0 fully saturated rings. The molecule has 4 aromatic carbocycles. The highest BCUT2D eigenvalue weighted by molar-refractivity contribution is 7.10. The van der Waals surface area contributed by atoms with E-state index in [4.69, 9.17) is 4.98 Å². The van der Waals surface area contributed by atoms with E-state index >= 15 is 0 Å². The van der Waals surface area contributed by atoms with E-state index in [1.54, 1.807) is 11.3 Å². The number of benzene rings is 4. The Hall–Kier alpha value is -3.43. The quantitative estimate of drug-likeness (QED) is 0.245. The number of para-hydroxylation sites is 1. The summed E-state index contributed by atoms with van der Waals surface area (Å²) < 4.78 is 0. The zero-order valence-electron chi connectivity index (χ0n) is 21.7. The summed E-state index contributed by atoms with van der Waals surface area (Å²) in [6.45, 7) is 11.3. The number of aromatic nitrogens is 1. The maximum Gasteiger partial charge on any atom is 0.120 e. The minimum absolute atomic E-state index is 0.0300. The molecule has 0 amide bonds. The van der Waals surface area contributed by atoms with Gasteiger partial charge in [0.15, 0.2) is 0 Å². The predicted molar refractivity (Wildman–Crippen MR) is 156 cm³/mol. The fraction of sp³-hybridized carbons (Fsp3) is 0.242. The first-order valence-corrected chi connectivity index (χ1v) is 13.7. The van der Waals surface area contributed by atoms with Gasteiger partial charge in [0, 0.05) is 16.6 Å². The van der Waals surface area contributed by atoms with Crippen LogP contribution in [-0.4, -0.2) is 4.98 Å². The number of rotatable bonds is 7. The summed E-state index contributed by atoms with van der Waals surface area (Å²) in [5.41, 5.74) is 8.70. The fourth-order valence-corrected chi connectivity index (χ4v) is 5.94. The second kappa shape index (κ2) is 10.3. The van der Waals surface area contributed by atoms with Gasteiger partial charge in [-0.15, -0.1) is 11.3 Å². The van der Waals surface area contributed by atoms with Gasteiger partial charge in [-0.1, -0.05) is 113 Å². The molecule has 0 saturated heterocycles. The predicted octanol–water partition coefficient (Wildman–Crippen LogP) is 9.72. The average Bonchev–Trinajstić information content (AvgIpc) is 3.36. The Balaban J connectivity index is 1.64. The van der Waals surface area contributed by atoms with Crippen LogP contribution in [0.25, 0.3) is 22.0 Å². The molecule has 1 atom stereocenters. The Morgan fingerprint density at radius 2 is 1.39 bits per heavy atom. The number of fused-ring (bicyclic) bond motifs is 1. The summed E-state index contributed by atoms with van der Waals surface area (Å²) in [5, 5.41) is 9.78. The van der Waals surface area contributed by atoms with E-state index in [9.17, 15) is 0 Å². The van der Waals surface area contributed by atoms with Crippen molar-refractivity contribution in [1.82, 2.24) is 4.98 Å². The number of nitrogens with one attached hydrogen (secondary N) is 1. The Morgan fingerprint density at radius 1 is 0.722 bits per heavy atom. The molecule has 36 heavy (non-hydrogen) atoms. The van der Waals surface area contributed by atoms with Crippen molar-refractivity contribution in [3.8, 4) is 11.3 Å². The monoisotopic (exact) mass is 490 g/mol. The molecule has 1 aromatic heterocycles. The Morgan fingerprint density at radius 3 is 2.08 bits per heavy atom. The molecule has 0 aliphatic heterocycles. The van der Waals surface area contributed by atoms with E-state index in [2.05, 4.69) is 130 Å². The van der Waals surface area contributed by atoms with E-state index in [1.165, 1.54) is 44.3 Å². The summed E-state index contributed by atoms with van der Waals surface area (Å²) in [4.78, 5) is 5.27. The molecule has 0 bridgehead atoms. The second-order valence-corrected chi connectivity index (χ2v) is 11.0. The maximum atomic E-state index is 5.27. The zero-order chi connectivity index (χ0) is 25.2. The van der Waals surface area contributed by atoms with Crippen molar-refractivity contribution in [2.24, 2.45) is 0 Å². The first-order chi connectivity index (χ1) is 17.4. The lowest BCUT2D eigenvalue weighted by Gasteiger charge is -2.26. The van der Waals surface area contributed by atoms with Crippen molar-refractivity contribution in [3.63, 3.8) is 0 Å². The van der Waals surface area contributed by atoms with Crippen molar-refractivity contribution in [2.75, 3.05) is 5.32 Å². The third kappa shape index (κ3) is 4.68. The fourth-order valence-electron chi connectivity index (χ4n) is 5.05. The van der Waals surface area contributed by atoms with Crippen LogP contribution in [0, 0.1) is 6.92 Å². The van der Waals surface area contributed by atoms with Gasteiger partial charge in [-0.05, 0) is 51.8 Å². The normalized spacial score (nSPS) is 12.4. The van der Waals surface area contributed by atoms with Gasteiger partial charge in [-0.3, -0.25) is 0 Å². The number of nitrogens with zero attached hydrogens (tertiary/aromatic N) is 1. The van der Waals surface area contributed by atoms with Crippen molar-refractivity contribution in [3.05, 3.63) is 118 Å². The van der Waals surface area contributed by atoms with E-state index < -0.39 is 0 Å². The number of thiazole rings is 1. The van der Waals surface area contributed by atoms with Crippen LogP contribution >= 0.6 is 11.3 Å². The van der Waals surface area contributed by atoms with E-state index in [0.717, 1.165) is 10.7 Å². The summed E-state index contributed by atoms with van der Waals surface area (Å²) in [7, 11) is 0. The number of aryl methyl sites for hydroxylation is 1. The van der Waals surface area contributed by atoms with Gasteiger partial charge < -0.3 is 5.32 Å². The highest BCUT2D eigenvalue weighted by Gasteiger charge is 2.23. The van der Waals surface area contributed by atoms with E-state index in [-0.39, 0.29) is 6.04 Å². The SMILES string of the molecule is Cc1ccc2ccccc2c1-c1csc(C(Nc2c(C(C)C)cccc2C(C)C)c2ccccc2)n1. The van der Waals surface area contributed by atoms with Crippen LogP contribution in [0.3, 0.4) is 0 Å². The number of hydrogen-bond donors (Lipinski definition) is 1. The topological polar surface area (TPSA) is 24.9 Å². The van der Waals surface area contributed by atoms with Gasteiger partial charge in [0.2, 0.25) is 0 Å². The standard InChI is InChI=1S/C33H34N2S/c1-21(2)26-16-11-17-27(22(3)4)32(26)35-31(25-13-7-6-8-14-25)33-34-29(20-36-33)30-23(5)18-19-24-12-9-10-15-28(24)30/h6-22,31,35H,1-5H3. The number of anilines is 1. The molecule has 5 aromatic rings. The molecule has 0 aliphatic rings. The molecule has 0 aliphatic carbocycles. The smallest absolute Gasteiger partial charge is 0.120 e. The molecular formula is C33H34N2S. The van der Waals surface area contributed by atoms with Crippen molar-refractivity contribution < 1.29 is 0 Å². The van der Waals surface area contributed by atoms with Crippen LogP contribution in [0.5, 0.6) is 0 Å². The minimum atomic E-state index is -0.0300. The van der Waals surface area contributed by atoms with Crippen molar-refractivity contribution >= 4 is 27.8 Å². The molecule has 1 N–H and O–H groups in total. The summed E-state index contributed by atoms with van der Waals surface area (Å²) >= 11 is 1.74. The van der Waals surface area contributed by atoms with Crippen molar-refractivity contribution in [2.45, 2.75) is 52.5 Å². The van der Waals surface area contributed by atoms with Gasteiger partial charge in [-0.25, -0.2) is 4.98 Å². The molecule has 0 radical (unpaired) electrons. The Kier molecular flexibility index (Phi) is 6.93. The highest BCUT2D eigenvalue weighted by atomic mass is 32.1. The Labute approximate surface area is 219 Å². The minimum Gasteiger partial charge on any atom is -0.372 e. The largest absolute Gasteiger partial charge is 0.372 e. The first-order valence-electron chi connectivity index (χ1n) is 12.8. The lowest BCUT2D eigenvalue weighted by Crippen LogP contribution is -2.16. The Bertz CT molecular complexity index is 1450. The van der Waals surface area contributed by atoms with Crippen LogP contribution in [-0.2, 0) is 0 Å². The average molecular weight is 491 g/mol. The van der Waals surface area contributed by atoms with Gasteiger partial charge in [-0.2, -0.15) is 0 Å². The molecule has 1 heterocycles.